The highest BCUT2D eigenvalue weighted by Crippen LogP contribution is 2.41. The number of ether oxygens (including phenoxy) is 2. The highest BCUT2D eigenvalue weighted by molar-refractivity contribution is 7.99. The fourth-order valence-electron chi connectivity index (χ4n) is 4.29. The van der Waals surface area contributed by atoms with Gasteiger partial charge < -0.3 is 25.0 Å². The SMILES string of the molecule is COCC(=O)N[C@@H](C)C(=O)N1[C@@H](NC(=O)[C@@H](Cc2ccccc2)C(=O)C(=O)OC(C)C)CS[C@@H]1c1ccccc1. The van der Waals surface area contributed by atoms with Gasteiger partial charge in [-0.25, -0.2) is 4.79 Å². The minimum Gasteiger partial charge on any atom is -0.457 e. The minimum atomic E-state index is -1.36. The average Bonchev–Trinajstić information content (AvgIpc) is 3.34. The number of carbonyl (C=O) groups is 5. The Hall–Kier alpha value is -3.70. The van der Waals surface area contributed by atoms with Crippen LogP contribution in [0.1, 0.15) is 37.3 Å². The summed E-state index contributed by atoms with van der Waals surface area (Å²) in [6, 6.07) is 17.3. The van der Waals surface area contributed by atoms with Crippen LogP contribution in [0.25, 0.3) is 0 Å². The van der Waals surface area contributed by atoms with Crippen molar-refractivity contribution in [1.82, 2.24) is 15.5 Å². The first-order valence-corrected chi connectivity index (χ1v) is 14.0. The summed E-state index contributed by atoms with van der Waals surface area (Å²) in [5, 5.41) is 5.00. The Morgan fingerprint density at radius 3 is 2.20 bits per heavy atom. The van der Waals surface area contributed by atoms with Crippen LogP contribution < -0.4 is 10.6 Å². The number of nitrogens with one attached hydrogen (secondary N) is 2. The van der Waals surface area contributed by atoms with Crippen molar-refractivity contribution in [3.05, 3.63) is 71.8 Å². The van der Waals surface area contributed by atoms with Crippen molar-refractivity contribution < 1.29 is 33.4 Å². The van der Waals surface area contributed by atoms with Gasteiger partial charge in [-0.2, -0.15) is 0 Å². The first-order valence-electron chi connectivity index (χ1n) is 13.0. The predicted molar refractivity (Wildman–Crippen MR) is 150 cm³/mol. The quantitative estimate of drug-likeness (QED) is 0.226. The Bertz CT molecular complexity index is 1190. The number of hydrogen-bond donors (Lipinski definition) is 2. The first-order chi connectivity index (χ1) is 19.1. The third-order valence-corrected chi connectivity index (χ3v) is 7.45. The largest absolute Gasteiger partial charge is 0.457 e. The Balaban J connectivity index is 1.88. The molecule has 0 aromatic heterocycles. The Labute approximate surface area is 238 Å². The lowest BCUT2D eigenvalue weighted by atomic mass is 9.94. The molecule has 1 heterocycles. The van der Waals surface area contributed by atoms with Crippen molar-refractivity contribution in [2.75, 3.05) is 19.5 Å². The van der Waals surface area contributed by atoms with Crippen LogP contribution in [0, 0.1) is 5.92 Å². The molecular formula is C29H35N3O7S. The lowest BCUT2D eigenvalue weighted by Crippen LogP contribution is -2.56. The molecule has 0 saturated carbocycles. The molecule has 2 aromatic carbocycles. The summed E-state index contributed by atoms with van der Waals surface area (Å²) in [5.74, 6) is -4.64. The number of methoxy groups -OCH3 is 1. The van der Waals surface area contributed by atoms with E-state index in [1.165, 1.54) is 23.8 Å². The van der Waals surface area contributed by atoms with Crippen LogP contribution in [0.5, 0.6) is 0 Å². The number of esters is 1. The number of carbonyl (C=O) groups excluding carboxylic acids is 5. The smallest absolute Gasteiger partial charge is 0.375 e. The maximum absolute atomic E-state index is 13.6. The van der Waals surface area contributed by atoms with Crippen molar-refractivity contribution in [3.63, 3.8) is 0 Å². The zero-order valence-electron chi connectivity index (χ0n) is 23.0. The first kappa shape index (κ1) is 30.8. The molecule has 1 fully saturated rings. The van der Waals surface area contributed by atoms with Gasteiger partial charge in [0.25, 0.3) is 5.78 Å². The van der Waals surface area contributed by atoms with Crippen LogP contribution in [-0.2, 0) is 39.9 Å². The lowest BCUT2D eigenvalue weighted by molar-refractivity contribution is -0.160. The Morgan fingerprint density at radius 2 is 1.60 bits per heavy atom. The molecule has 40 heavy (non-hydrogen) atoms. The number of rotatable bonds is 12. The van der Waals surface area contributed by atoms with E-state index in [0.29, 0.717) is 11.3 Å². The molecule has 2 N–H and O–H groups in total. The normalized spacial score (nSPS) is 18.1. The van der Waals surface area contributed by atoms with Crippen LogP contribution >= 0.6 is 11.8 Å². The van der Waals surface area contributed by atoms with E-state index >= 15 is 0 Å². The minimum absolute atomic E-state index is 0.0158. The highest BCUT2D eigenvalue weighted by atomic mass is 32.2. The van der Waals surface area contributed by atoms with Crippen LogP contribution in [0.4, 0.5) is 0 Å². The predicted octanol–water partition coefficient (Wildman–Crippen LogP) is 2.23. The molecule has 0 spiro atoms. The van der Waals surface area contributed by atoms with Crippen LogP contribution in [0.2, 0.25) is 0 Å². The second-order valence-corrected chi connectivity index (χ2v) is 10.8. The molecule has 1 aliphatic heterocycles. The third kappa shape index (κ3) is 8.15. The molecule has 4 atom stereocenters. The summed E-state index contributed by atoms with van der Waals surface area (Å²) in [6.45, 7) is 4.59. The number of thioether (sulfide) groups is 1. The maximum atomic E-state index is 13.6. The lowest BCUT2D eigenvalue weighted by Gasteiger charge is -2.33. The summed E-state index contributed by atoms with van der Waals surface area (Å²) in [5.41, 5.74) is 1.53. The maximum Gasteiger partial charge on any atom is 0.375 e. The number of benzene rings is 2. The summed E-state index contributed by atoms with van der Waals surface area (Å²) < 4.78 is 9.93. The summed E-state index contributed by atoms with van der Waals surface area (Å²) in [4.78, 5) is 66.5. The van der Waals surface area contributed by atoms with E-state index < -0.39 is 59.1 Å². The third-order valence-electron chi connectivity index (χ3n) is 6.13. The molecule has 214 valence electrons. The van der Waals surface area contributed by atoms with Gasteiger partial charge in [0.15, 0.2) is 0 Å². The Kier molecular flexibility index (Phi) is 11.3. The molecule has 0 radical (unpaired) electrons. The molecule has 3 amide bonds. The van der Waals surface area contributed by atoms with Crippen molar-refractivity contribution in [2.45, 2.75) is 50.9 Å². The van der Waals surface area contributed by atoms with Gasteiger partial charge in [0, 0.05) is 12.9 Å². The zero-order chi connectivity index (χ0) is 29.2. The van der Waals surface area contributed by atoms with Crippen molar-refractivity contribution in [3.8, 4) is 0 Å². The van der Waals surface area contributed by atoms with Gasteiger partial charge in [0.2, 0.25) is 17.7 Å². The number of Topliss-reactive ketones (excluding diaryl/α,β-unsaturated/α-hetero) is 1. The molecule has 1 aliphatic rings. The van der Waals surface area contributed by atoms with Crippen molar-refractivity contribution in [2.24, 2.45) is 5.92 Å². The number of amides is 3. The zero-order valence-corrected chi connectivity index (χ0v) is 23.8. The van der Waals surface area contributed by atoms with Crippen LogP contribution in [0.15, 0.2) is 60.7 Å². The topological polar surface area (TPSA) is 131 Å². The van der Waals surface area contributed by atoms with Crippen molar-refractivity contribution >= 4 is 41.2 Å². The number of ketones is 1. The summed E-state index contributed by atoms with van der Waals surface area (Å²) in [6.07, 6.45) is -1.35. The van der Waals surface area contributed by atoms with Crippen molar-refractivity contribution in [1.29, 1.82) is 0 Å². The van der Waals surface area contributed by atoms with E-state index in [0.717, 1.165) is 5.56 Å². The summed E-state index contributed by atoms with van der Waals surface area (Å²) in [7, 11) is 1.38. The van der Waals surface area contributed by atoms with Gasteiger partial charge in [0.1, 0.15) is 30.1 Å². The van der Waals surface area contributed by atoms with Gasteiger partial charge >= 0.3 is 5.97 Å². The number of nitrogens with zero attached hydrogens (tertiary/aromatic N) is 1. The van der Waals surface area contributed by atoms with E-state index in [1.54, 1.807) is 45.0 Å². The van der Waals surface area contributed by atoms with E-state index in [2.05, 4.69) is 10.6 Å². The number of hydrogen-bond acceptors (Lipinski definition) is 8. The second-order valence-electron chi connectivity index (χ2n) is 9.65. The van der Waals surface area contributed by atoms with Gasteiger partial charge in [-0.1, -0.05) is 60.7 Å². The monoisotopic (exact) mass is 569 g/mol. The fourth-order valence-corrected chi connectivity index (χ4v) is 5.66. The molecule has 10 nitrogen and oxygen atoms in total. The van der Waals surface area contributed by atoms with Gasteiger partial charge in [-0.15, -0.1) is 11.8 Å². The fraction of sp³-hybridized carbons (Fsp3) is 0.414. The molecule has 3 rings (SSSR count). The highest BCUT2D eigenvalue weighted by Gasteiger charge is 2.43. The molecule has 0 bridgehead atoms. The van der Waals surface area contributed by atoms with E-state index in [1.807, 2.05) is 36.4 Å². The summed E-state index contributed by atoms with van der Waals surface area (Å²) >= 11 is 1.44. The molecule has 0 unspecified atom stereocenters. The van der Waals surface area contributed by atoms with E-state index in [-0.39, 0.29) is 13.0 Å². The molecular weight excluding hydrogens is 534 g/mol. The molecule has 0 aliphatic carbocycles. The standard InChI is InChI=1S/C29H35N3O7S/c1-18(2)39-29(37)25(34)22(15-20-11-7-5-8-12-20)26(35)31-23-17-40-28(21-13-9-6-10-14-21)32(23)27(36)19(3)30-24(33)16-38-4/h5-14,18-19,22-23,28H,15-17H2,1-4H3,(H,30,33)(H,31,35)/t19-,22-,23+,28+/m0/s1. The van der Waals surface area contributed by atoms with Gasteiger partial charge in [0.05, 0.1) is 6.10 Å². The average molecular weight is 570 g/mol. The van der Waals surface area contributed by atoms with Gasteiger partial charge in [-0.3, -0.25) is 19.2 Å². The van der Waals surface area contributed by atoms with Crippen LogP contribution in [0.3, 0.4) is 0 Å². The molecule has 2 aromatic rings. The molecule has 11 heteroatoms. The van der Waals surface area contributed by atoms with Crippen LogP contribution in [-0.4, -0.2) is 72.2 Å². The van der Waals surface area contributed by atoms with E-state index in [4.69, 9.17) is 9.47 Å². The molecule has 1 saturated heterocycles. The second kappa shape index (κ2) is 14.6. The van der Waals surface area contributed by atoms with E-state index in [9.17, 15) is 24.0 Å². The van der Waals surface area contributed by atoms with Gasteiger partial charge in [-0.05, 0) is 38.3 Å². The Morgan fingerprint density at radius 1 is 0.975 bits per heavy atom.